The van der Waals surface area contributed by atoms with Gasteiger partial charge in [-0.15, -0.1) is 0 Å². The highest BCUT2D eigenvalue weighted by Gasteiger charge is 2.07. The van der Waals surface area contributed by atoms with Gasteiger partial charge in [-0.05, 0) is 54.9 Å². The summed E-state index contributed by atoms with van der Waals surface area (Å²) >= 11 is 0. The number of amides is 1. The van der Waals surface area contributed by atoms with Crippen LogP contribution in [0.2, 0.25) is 0 Å². The van der Waals surface area contributed by atoms with E-state index in [0.29, 0.717) is 5.69 Å². The van der Waals surface area contributed by atoms with Gasteiger partial charge >= 0.3 is 0 Å². The molecule has 0 radical (unpaired) electrons. The smallest absolute Gasteiger partial charge is 0.293 e. The van der Waals surface area contributed by atoms with Crippen LogP contribution in [0.5, 0.6) is 0 Å². The minimum absolute atomic E-state index is 0.144. The summed E-state index contributed by atoms with van der Waals surface area (Å²) in [5.41, 5.74) is 6.20. The molecule has 2 aromatic carbocycles. The van der Waals surface area contributed by atoms with Crippen LogP contribution < -0.4 is 10.8 Å². The average molecular weight is 401 g/mol. The van der Waals surface area contributed by atoms with Crippen molar-refractivity contribution in [3.63, 3.8) is 0 Å². The molecule has 0 saturated carbocycles. The maximum atomic E-state index is 11.5. The number of nitrogens with zero attached hydrogens (tertiary/aromatic N) is 1. The number of hydrogen-bond acceptors (Lipinski definition) is 5. The Hall–Kier alpha value is -3.50. The van der Waals surface area contributed by atoms with Crippen molar-refractivity contribution < 1.29 is 15.1 Å². The molecule has 1 aromatic heterocycles. The lowest BCUT2D eigenvalue weighted by atomic mass is 10.1. The lowest BCUT2D eigenvalue weighted by molar-refractivity contribution is 0.0701. The Labute approximate surface area is 175 Å². The number of carbonyl (C=O) groups is 1. The molecule has 6 nitrogen and oxygen atoms in total. The fourth-order valence-electron chi connectivity index (χ4n) is 2.79. The summed E-state index contributed by atoms with van der Waals surface area (Å²) in [7, 11) is 0. The Morgan fingerprint density at radius 1 is 0.933 bits per heavy atom. The van der Waals surface area contributed by atoms with E-state index < -0.39 is 5.91 Å². The van der Waals surface area contributed by atoms with Gasteiger partial charge in [0.2, 0.25) is 0 Å². The van der Waals surface area contributed by atoms with Crippen LogP contribution in [0, 0.1) is 11.8 Å². The molecule has 3 aromatic rings. The first-order chi connectivity index (χ1) is 14.7. The number of hydroxylamine groups is 1. The van der Waals surface area contributed by atoms with Crippen molar-refractivity contribution in [1.82, 2.24) is 15.8 Å². The molecule has 0 unspecified atom stereocenters. The van der Waals surface area contributed by atoms with Gasteiger partial charge in [-0.25, -0.2) is 10.5 Å². The number of carbonyl (C=O) groups excluding carboxylic acids is 1. The van der Waals surface area contributed by atoms with Crippen LogP contribution in [0.1, 0.15) is 33.6 Å². The summed E-state index contributed by atoms with van der Waals surface area (Å²) in [5, 5.41) is 20.8. The number of hydrogen-bond donors (Lipinski definition) is 4. The van der Waals surface area contributed by atoms with E-state index in [0.717, 1.165) is 36.2 Å². The van der Waals surface area contributed by atoms with E-state index in [1.165, 1.54) is 11.6 Å². The zero-order valence-corrected chi connectivity index (χ0v) is 16.4. The maximum Gasteiger partial charge on any atom is 0.293 e. The third kappa shape index (κ3) is 6.00. The maximum absolute atomic E-state index is 11.5. The summed E-state index contributed by atoms with van der Waals surface area (Å²) in [6.45, 7) is 1.76. The first-order valence-corrected chi connectivity index (χ1v) is 9.64. The van der Waals surface area contributed by atoms with E-state index in [4.69, 9.17) is 10.3 Å². The third-order valence-electron chi connectivity index (χ3n) is 4.41. The van der Waals surface area contributed by atoms with Crippen LogP contribution in [-0.4, -0.2) is 34.4 Å². The molecule has 0 fully saturated rings. The van der Waals surface area contributed by atoms with Gasteiger partial charge in [0.05, 0.1) is 5.69 Å². The molecular weight excluding hydrogens is 378 g/mol. The molecule has 30 heavy (non-hydrogen) atoms. The number of aliphatic hydroxyl groups is 1. The van der Waals surface area contributed by atoms with Crippen molar-refractivity contribution in [2.75, 3.05) is 13.2 Å². The van der Waals surface area contributed by atoms with Crippen molar-refractivity contribution in [3.8, 4) is 23.1 Å². The van der Waals surface area contributed by atoms with Gasteiger partial charge in [0, 0.05) is 29.8 Å². The minimum Gasteiger partial charge on any atom is -0.396 e. The van der Waals surface area contributed by atoms with Gasteiger partial charge in [-0.3, -0.25) is 10.0 Å². The lowest BCUT2D eigenvalue weighted by Crippen LogP contribution is -2.19. The number of aromatic nitrogens is 1. The number of pyridine rings is 1. The van der Waals surface area contributed by atoms with Gasteiger partial charge in [0.1, 0.15) is 5.69 Å². The molecule has 0 bridgehead atoms. The summed E-state index contributed by atoms with van der Waals surface area (Å²) in [6, 6.07) is 20.7. The standard InChI is InChI=1S/C24H23N3O3/c28-16-2-15-25-17-20-9-7-18(8-10-20)5-6-19-11-13-21(14-12-19)22-3-1-4-23(26-22)24(29)27-30/h1,3-4,7-14,25,28,30H,2,15-17H2,(H,27,29). The molecule has 0 aliphatic carbocycles. The second-order valence-electron chi connectivity index (χ2n) is 6.63. The Balaban J connectivity index is 1.64. The molecule has 0 aliphatic rings. The lowest BCUT2D eigenvalue weighted by Gasteiger charge is -2.04. The van der Waals surface area contributed by atoms with Crippen molar-refractivity contribution in [2.45, 2.75) is 13.0 Å². The molecule has 0 spiro atoms. The van der Waals surface area contributed by atoms with Crippen LogP contribution in [0.15, 0.2) is 66.7 Å². The quantitative estimate of drug-likeness (QED) is 0.211. The predicted molar refractivity (Wildman–Crippen MR) is 115 cm³/mol. The van der Waals surface area contributed by atoms with Crippen molar-refractivity contribution in [3.05, 3.63) is 89.1 Å². The van der Waals surface area contributed by atoms with Crippen LogP contribution >= 0.6 is 0 Å². The highest BCUT2D eigenvalue weighted by molar-refractivity contribution is 5.91. The monoisotopic (exact) mass is 401 g/mol. The predicted octanol–water partition coefficient (Wildman–Crippen LogP) is 2.74. The van der Waals surface area contributed by atoms with Crippen molar-refractivity contribution in [2.24, 2.45) is 0 Å². The number of rotatable bonds is 7. The van der Waals surface area contributed by atoms with Gasteiger partial charge in [-0.1, -0.05) is 42.2 Å². The molecular formula is C24H23N3O3. The SMILES string of the molecule is O=C(NO)c1cccc(-c2ccc(C#Cc3ccc(CNCCCO)cc3)cc2)n1. The van der Waals surface area contributed by atoms with Crippen molar-refractivity contribution >= 4 is 5.91 Å². The highest BCUT2D eigenvalue weighted by Crippen LogP contribution is 2.18. The van der Waals surface area contributed by atoms with Gasteiger partial charge in [0.15, 0.2) is 0 Å². The van der Waals surface area contributed by atoms with E-state index >= 15 is 0 Å². The summed E-state index contributed by atoms with van der Waals surface area (Å²) in [6.07, 6.45) is 0.752. The summed E-state index contributed by atoms with van der Waals surface area (Å²) in [4.78, 5) is 15.8. The van der Waals surface area contributed by atoms with E-state index in [2.05, 4.69) is 22.1 Å². The average Bonchev–Trinajstić information content (AvgIpc) is 2.81. The fourth-order valence-corrected chi connectivity index (χ4v) is 2.79. The molecule has 0 saturated heterocycles. The topological polar surface area (TPSA) is 94.5 Å². The van der Waals surface area contributed by atoms with E-state index in [1.807, 2.05) is 48.5 Å². The molecule has 0 atom stereocenters. The summed E-state index contributed by atoms with van der Waals surface area (Å²) in [5.74, 6) is 5.66. The Bertz CT molecular complexity index is 1040. The van der Waals surface area contributed by atoms with Crippen LogP contribution in [0.25, 0.3) is 11.3 Å². The molecule has 1 amide bonds. The molecule has 6 heteroatoms. The number of aliphatic hydroxyl groups excluding tert-OH is 1. The first kappa shape index (κ1) is 21.2. The highest BCUT2D eigenvalue weighted by atomic mass is 16.5. The normalized spacial score (nSPS) is 10.2. The molecule has 4 N–H and O–H groups in total. The molecule has 1 heterocycles. The Morgan fingerprint density at radius 2 is 1.60 bits per heavy atom. The number of nitrogens with one attached hydrogen (secondary N) is 2. The number of benzene rings is 2. The second kappa shape index (κ2) is 10.9. The first-order valence-electron chi connectivity index (χ1n) is 9.64. The molecule has 0 aliphatic heterocycles. The Morgan fingerprint density at radius 3 is 2.23 bits per heavy atom. The van der Waals surface area contributed by atoms with Crippen LogP contribution in [0.4, 0.5) is 0 Å². The van der Waals surface area contributed by atoms with Crippen LogP contribution in [0.3, 0.4) is 0 Å². The van der Waals surface area contributed by atoms with Crippen LogP contribution in [-0.2, 0) is 6.54 Å². The van der Waals surface area contributed by atoms with E-state index in [-0.39, 0.29) is 12.3 Å². The van der Waals surface area contributed by atoms with E-state index in [1.54, 1.807) is 17.6 Å². The minimum atomic E-state index is -0.647. The van der Waals surface area contributed by atoms with Gasteiger partial charge < -0.3 is 10.4 Å². The summed E-state index contributed by atoms with van der Waals surface area (Å²) < 4.78 is 0. The largest absolute Gasteiger partial charge is 0.396 e. The second-order valence-corrected chi connectivity index (χ2v) is 6.63. The Kier molecular flexibility index (Phi) is 7.70. The van der Waals surface area contributed by atoms with Gasteiger partial charge in [0.25, 0.3) is 5.91 Å². The van der Waals surface area contributed by atoms with E-state index in [9.17, 15) is 4.79 Å². The van der Waals surface area contributed by atoms with Crippen molar-refractivity contribution in [1.29, 1.82) is 0 Å². The van der Waals surface area contributed by atoms with Gasteiger partial charge in [-0.2, -0.15) is 0 Å². The fraction of sp³-hybridized carbons (Fsp3) is 0.167. The molecule has 3 rings (SSSR count). The molecule has 152 valence electrons. The zero-order valence-electron chi connectivity index (χ0n) is 16.4. The third-order valence-corrected chi connectivity index (χ3v) is 4.41. The zero-order chi connectivity index (χ0) is 21.2.